The van der Waals surface area contributed by atoms with Gasteiger partial charge in [-0.2, -0.15) is 4.37 Å². The molecule has 0 aliphatic rings. The van der Waals surface area contributed by atoms with Crippen molar-refractivity contribution >= 4 is 29.3 Å². The molecule has 1 aromatic heterocycles. The number of nitrogens with zero attached hydrogens (tertiary/aromatic N) is 2. The Kier molecular flexibility index (Phi) is 4.85. The molecule has 1 unspecified atom stereocenters. The molecule has 1 heterocycles. The summed E-state index contributed by atoms with van der Waals surface area (Å²) in [4.78, 5) is 15.2. The van der Waals surface area contributed by atoms with Gasteiger partial charge in [-0.25, -0.2) is 4.98 Å². The lowest BCUT2D eigenvalue weighted by molar-refractivity contribution is -0.142. The number of thioether (sulfide) groups is 1. The number of esters is 1. The van der Waals surface area contributed by atoms with Crippen LogP contribution in [0.2, 0.25) is 0 Å². The van der Waals surface area contributed by atoms with Gasteiger partial charge in [0.25, 0.3) is 0 Å². The Balaban J connectivity index is 2.38. The highest BCUT2D eigenvalue weighted by atomic mass is 32.2. The van der Waals surface area contributed by atoms with Gasteiger partial charge in [0.05, 0.1) is 7.11 Å². The Hall–Kier alpha value is -0.660. The number of ether oxygens (including phenoxy) is 1. The van der Waals surface area contributed by atoms with Crippen LogP contribution in [0, 0.1) is 0 Å². The molecular formula is C7H11N3O2S2. The molecule has 1 rings (SSSR count). The van der Waals surface area contributed by atoms with Crippen LogP contribution in [0.1, 0.15) is 0 Å². The van der Waals surface area contributed by atoms with E-state index in [9.17, 15) is 4.79 Å². The summed E-state index contributed by atoms with van der Waals surface area (Å²) in [6.45, 7) is 0. The Morgan fingerprint density at radius 2 is 2.64 bits per heavy atom. The number of methoxy groups -OCH3 is 1. The third-order valence-corrected chi connectivity index (χ3v) is 3.44. The summed E-state index contributed by atoms with van der Waals surface area (Å²) in [6, 6.07) is -0.297. The van der Waals surface area contributed by atoms with E-state index in [1.807, 2.05) is 0 Å². The zero-order chi connectivity index (χ0) is 10.4. The first kappa shape index (κ1) is 11.4. The molecule has 0 aliphatic heterocycles. The average molecular weight is 233 g/mol. The molecule has 0 amide bonds. The first-order valence-corrected chi connectivity index (χ1v) is 5.68. The van der Waals surface area contributed by atoms with E-state index < -0.39 is 0 Å². The highest BCUT2D eigenvalue weighted by molar-refractivity contribution is 8.01. The number of aromatic nitrogens is 2. The molecule has 1 N–H and O–H groups in total. The minimum atomic E-state index is -0.297. The van der Waals surface area contributed by atoms with Crippen LogP contribution in [0.25, 0.3) is 0 Å². The zero-order valence-electron chi connectivity index (χ0n) is 7.89. The number of hydrogen-bond donors (Lipinski definition) is 1. The zero-order valence-corrected chi connectivity index (χ0v) is 9.52. The molecular weight excluding hydrogens is 222 g/mol. The van der Waals surface area contributed by atoms with Gasteiger partial charge in [0.1, 0.15) is 12.4 Å². The second-order valence-electron chi connectivity index (χ2n) is 2.38. The molecule has 5 nitrogen and oxygen atoms in total. The number of nitrogens with one attached hydrogen (secondary N) is 1. The lowest BCUT2D eigenvalue weighted by Gasteiger charge is -2.11. The van der Waals surface area contributed by atoms with E-state index in [1.54, 1.807) is 7.05 Å². The molecule has 0 saturated heterocycles. The van der Waals surface area contributed by atoms with Crippen LogP contribution in [0.4, 0.5) is 0 Å². The molecule has 14 heavy (non-hydrogen) atoms. The first-order valence-electron chi connectivity index (χ1n) is 3.92. The summed E-state index contributed by atoms with van der Waals surface area (Å²) < 4.78 is 9.35. The normalized spacial score (nSPS) is 12.4. The standard InChI is InChI=1S/C7H11N3O2S2/c1-8-5(6(11)12-2)3-13-7-9-4-10-14-7/h4-5,8H,3H2,1-2H3. The largest absolute Gasteiger partial charge is 0.468 e. The molecule has 0 radical (unpaired) electrons. The third kappa shape index (κ3) is 3.24. The second kappa shape index (κ2) is 5.94. The Morgan fingerprint density at radius 3 is 3.14 bits per heavy atom. The molecule has 7 heteroatoms. The Bertz CT molecular complexity index is 278. The molecule has 0 aliphatic carbocycles. The van der Waals surface area contributed by atoms with Gasteiger partial charge in [-0.05, 0) is 18.6 Å². The number of rotatable bonds is 5. The lowest BCUT2D eigenvalue weighted by Crippen LogP contribution is -2.37. The molecule has 1 atom stereocenters. The summed E-state index contributed by atoms with van der Waals surface area (Å²) in [7, 11) is 3.10. The van der Waals surface area contributed by atoms with E-state index in [1.165, 1.54) is 36.7 Å². The highest BCUT2D eigenvalue weighted by Crippen LogP contribution is 2.19. The van der Waals surface area contributed by atoms with Crippen LogP contribution >= 0.6 is 23.3 Å². The number of carbonyl (C=O) groups excluding carboxylic acids is 1. The number of likely N-dealkylation sites (N-methyl/N-ethyl adjacent to an activating group) is 1. The van der Waals surface area contributed by atoms with Crippen molar-refractivity contribution in [1.29, 1.82) is 0 Å². The van der Waals surface area contributed by atoms with Crippen molar-refractivity contribution in [3.8, 4) is 0 Å². The minimum absolute atomic E-state index is 0.260. The summed E-state index contributed by atoms with van der Waals surface area (Å²) in [6.07, 6.45) is 1.50. The molecule has 0 saturated carbocycles. The smallest absolute Gasteiger partial charge is 0.323 e. The minimum Gasteiger partial charge on any atom is -0.468 e. The fraction of sp³-hybridized carbons (Fsp3) is 0.571. The Morgan fingerprint density at radius 1 is 1.86 bits per heavy atom. The van der Waals surface area contributed by atoms with Gasteiger partial charge < -0.3 is 10.1 Å². The van der Waals surface area contributed by atoms with E-state index in [-0.39, 0.29) is 12.0 Å². The van der Waals surface area contributed by atoms with Crippen molar-refractivity contribution in [2.75, 3.05) is 19.9 Å². The first-order chi connectivity index (χ1) is 6.77. The SMILES string of the molecule is CNC(CSc1ncns1)C(=O)OC. The van der Waals surface area contributed by atoms with Crippen LogP contribution in [-0.4, -0.2) is 41.3 Å². The fourth-order valence-electron chi connectivity index (χ4n) is 0.793. The maximum atomic E-state index is 11.2. The van der Waals surface area contributed by atoms with Crippen molar-refractivity contribution in [1.82, 2.24) is 14.7 Å². The quantitative estimate of drug-likeness (QED) is 0.586. The molecule has 1 aromatic rings. The number of carbonyl (C=O) groups is 1. The highest BCUT2D eigenvalue weighted by Gasteiger charge is 2.17. The van der Waals surface area contributed by atoms with Gasteiger partial charge in [0, 0.05) is 5.75 Å². The maximum Gasteiger partial charge on any atom is 0.323 e. The van der Waals surface area contributed by atoms with Crippen LogP contribution in [0.5, 0.6) is 0 Å². The Labute approximate surface area is 90.4 Å². The van der Waals surface area contributed by atoms with Crippen LogP contribution in [0.15, 0.2) is 10.7 Å². The van der Waals surface area contributed by atoms with Gasteiger partial charge in [0.15, 0.2) is 4.34 Å². The van der Waals surface area contributed by atoms with Gasteiger partial charge in [-0.3, -0.25) is 4.79 Å². The summed E-state index contributed by atoms with van der Waals surface area (Å²) in [5.74, 6) is 0.336. The van der Waals surface area contributed by atoms with Crippen molar-refractivity contribution in [3.05, 3.63) is 6.33 Å². The third-order valence-electron chi connectivity index (χ3n) is 1.55. The summed E-state index contributed by atoms with van der Waals surface area (Å²) in [5, 5.41) is 2.88. The van der Waals surface area contributed by atoms with E-state index in [0.717, 1.165) is 4.34 Å². The van der Waals surface area contributed by atoms with Gasteiger partial charge in [-0.15, -0.1) is 0 Å². The molecule has 0 spiro atoms. The topological polar surface area (TPSA) is 64.1 Å². The van der Waals surface area contributed by atoms with Crippen molar-refractivity contribution in [2.45, 2.75) is 10.4 Å². The van der Waals surface area contributed by atoms with Gasteiger partial charge in [-0.1, -0.05) is 11.8 Å². The van der Waals surface area contributed by atoms with Crippen molar-refractivity contribution in [3.63, 3.8) is 0 Å². The molecule has 78 valence electrons. The maximum absolute atomic E-state index is 11.2. The second-order valence-corrected chi connectivity index (χ2v) is 4.43. The predicted molar refractivity (Wildman–Crippen MR) is 55.5 cm³/mol. The van der Waals surface area contributed by atoms with E-state index >= 15 is 0 Å². The average Bonchev–Trinajstić information content (AvgIpc) is 2.71. The van der Waals surface area contributed by atoms with Crippen molar-refractivity contribution < 1.29 is 9.53 Å². The molecule has 0 bridgehead atoms. The van der Waals surface area contributed by atoms with Crippen LogP contribution < -0.4 is 5.32 Å². The molecule has 0 fully saturated rings. The summed E-state index contributed by atoms with van der Waals surface area (Å²) >= 11 is 2.80. The molecule has 0 aromatic carbocycles. The monoisotopic (exact) mass is 233 g/mol. The number of hydrogen-bond acceptors (Lipinski definition) is 7. The summed E-state index contributed by atoms with van der Waals surface area (Å²) in [5.41, 5.74) is 0. The van der Waals surface area contributed by atoms with Crippen LogP contribution in [0.3, 0.4) is 0 Å². The van der Waals surface area contributed by atoms with E-state index in [4.69, 9.17) is 0 Å². The van der Waals surface area contributed by atoms with E-state index in [2.05, 4.69) is 19.4 Å². The lowest BCUT2D eigenvalue weighted by atomic mass is 10.3. The van der Waals surface area contributed by atoms with Gasteiger partial charge >= 0.3 is 5.97 Å². The van der Waals surface area contributed by atoms with Crippen LogP contribution in [-0.2, 0) is 9.53 Å². The van der Waals surface area contributed by atoms with E-state index in [0.29, 0.717) is 5.75 Å². The predicted octanol–water partition coefficient (Wildman–Crippen LogP) is 0.391. The van der Waals surface area contributed by atoms with Crippen molar-refractivity contribution in [2.24, 2.45) is 0 Å². The fourth-order valence-corrected chi connectivity index (χ4v) is 2.35. The van der Waals surface area contributed by atoms with Gasteiger partial charge in [0.2, 0.25) is 0 Å².